The van der Waals surface area contributed by atoms with E-state index < -0.39 is 29.2 Å². The Morgan fingerprint density at radius 1 is 1.40 bits per heavy atom. The summed E-state index contributed by atoms with van der Waals surface area (Å²) in [6, 6.07) is 3.02. The van der Waals surface area contributed by atoms with Crippen LogP contribution in [-0.2, 0) is 6.18 Å². The van der Waals surface area contributed by atoms with Gasteiger partial charge >= 0.3 is 12.1 Å². The number of carboxylic acid groups (broad SMARTS) is 1. The molecule has 1 aromatic carbocycles. The fraction of sp³-hybridized carbons (Fsp3) is 0.0909. The smallest absolute Gasteiger partial charge is 0.418 e. The first-order valence-electron chi connectivity index (χ1n) is 5.15. The van der Waals surface area contributed by atoms with Crippen LogP contribution in [0.3, 0.4) is 0 Å². The predicted molar refractivity (Wildman–Crippen MR) is 64.9 cm³/mol. The number of carboxylic acids is 1. The van der Waals surface area contributed by atoms with Gasteiger partial charge in [0, 0.05) is 5.02 Å². The Labute approximate surface area is 115 Å². The van der Waals surface area contributed by atoms with Crippen molar-refractivity contribution in [3.8, 4) is 5.69 Å². The molecule has 0 amide bonds. The van der Waals surface area contributed by atoms with Crippen molar-refractivity contribution in [2.24, 2.45) is 0 Å². The van der Waals surface area contributed by atoms with Crippen molar-refractivity contribution in [1.82, 2.24) is 9.78 Å². The van der Waals surface area contributed by atoms with E-state index in [9.17, 15) is 18.0 Å². The number of alkyl halides is 3. The Hall–Kier alpha value is -2.22. The lowest BCUT2D eigenvalue weighted by atomic mass is 10.1. The van der Waals surface area contributed by atoms with E-state index in [1.807, 2.05) is 0 Å². The number of nitrogens with two attached hydrogens (primary N) is 1. The molecule has 106 valence electrons. The van der Waals surface area contributed by atoms with Gasteiger partial charge in [0.05, 0.1) is 17.4 Å². The Bertz CT molecular complexity index is 682. The van der Waals surface area contributed by atoms with E-state index in [1.165, 1.54) is 6.07 Å². The van der Waals surface area contributed by atoms with Gasteiger partial charge < -0.3 is 10.8 Å². The summed E-state index contributed by atoms with van der Waals surface area (Å²) in [6.45, 7) is 0. The van der Waals surface area contributed by atoms with Gasteiger partial charge in [0.25, 0.3) is 0 Å². The van der Waals surface area contributed by atoms with Gasteiger partial charge in [-0.1, -0.05) is 11.6 Å². The molecule has 2 rings (SSSR count). The molecule has 0 saturated carbocycles. The number of aromatic carboxylic acids is 1. The highest BCUT2D eigenvalue weighted by Crippen LogP contribution is 2.36. The van der Waals surface area contributed by atoms with Crippen LogP contribution in [0.2, 0.25) is 5.02 Å². The molecular weight excluding hydrogens is 299 g/mol. The maximum atomic E-state index is 13.0. The molecule has 0 aliphatic heterocycles. The number of nitrogen functional groups attached to an aromatic ring is 1. The molecule has 0 fully saturated rings. The normalized spacial score (nSPS) is 11.6. The van der Waals surface area contributed by atoms with Crippen LogP contribution in [0.15, 0.2) is 24.4 Å². The van der Waals surface area contributed by atoms with E-state index in [0.717, 1.165) is 18.3 Å². The van der Waals surface area contributed by atoms with E-state index >= 15 is 0 Å². The molecule has 0 radical (unpaired) electrons. The Kier molecular flexibility index (Phi) is 3.34. The summed E-state index contributed by atoms with van der Waals surface area (Å²) in [4.78, 5) is 10.8. The third-order valence-electron chi connectivity index (χ3n) is 2.53. The maximum absolute atomic E-state index is 13.0. The monoisotopic (exact) mass is 305 g/mol. The summed E-state index contributed by atoms with van der Waals surface area (Å²) in [5, 5.41) is 12.3. The summed E-state index contributed by atoms with van der Waals surface area (Å²) >= 11 is 5.55. The lowest BCUT2D eigenvalue weighted by Crippen LogP contribution is -2.13. The second kappa shape index (κ2) is 4.71. The van der Waals surface area contributed by atoms with Gasteiger partial charge in [-0.25, -0.2) is 9.48 Å². The van der Waals surface area contributed by atoms with Crippen LogP contribution in [0.4, 0.5) is 19.0 Å². The van der Waals surface area contributed by atoms with E-state index in [0.29, 0.717) is 4.68 Å². The van der Waals surface area contributed by atoms with Crippen molar-refractivity contribution in [3.63, 3.8) is 0 Å². The van der Waals surface area contributed by atoms with Crippen molar-refractivity contribution < 1.29 is 23.1 Å². The van der Waals surface area contributed by atoms with Crippen LogP contribution in [0.25, 0.3) is 5.69 Å². The van der Waals surface area contributed by atoms with Crippen molar-refractivity contribution in [3.05, 3.63) is 40.5 Å². The zero-order valence-corrected chi connectivity index (χ0v) is 10.4. The van der Waals surface area contributed by atoms with Crippen LogP contribution < -0.4 is 5.73 Å². The molecule has 1 aromatic heterocycles. The number of anilines is 1. The van der Waals surface area contributed by atoms with Gasteiger partial charge in [-0.05, 0) is 18.2 Å². The number of aromatic nitrogens is 2. The summed E-state index contributed by atoms with van der Waals surface area (Å²) in [6.07, 6.45) is -3.80. The van der Waals surface area contributed by atoms with Crippen molar-refractivity contribution in [2.45, 2.75) is 6.18 Å². The number of hydrogen-bond acceptors (Lipinski definition) is 3. The van der Waals surface area contributed by atoms with Gasteiger partial charge in [0.1, 0.15) is 11.4 Å². The molecular formula is C11H7ClF3N3O2. The Morgan fingerprint density at radius 2 is 2.05 bits per heavy atom. The highest BCUT2D eigenvalue weighted by atomic mass is 35.5. The molecule has 0 saturated heterocycles. The molecule has 20 heavy (non-hydrogen) atoms. The van der Waals surface area contributed by atoms with E-state index in [4.69, 9.17) is 22.4 Å². The first-order chi connectivity index (χ1) is 9.21. The topological polar surface area (TPSA) is 81.1 Å². The molecule has 0 bridgehead atoms. The Balaban J connectivity index is 2.68. The standard InChI is InChI=1S/C11H7ClF3N3O2/c12-5-1-2-8(7(3-5)11(13,14)15)18-9(16)6(4-17-18)10(19)20/h1-4H,16H2,(H,19,20). The highest BCUT2D eigenvalue weighted by molar-refractivity contribution is 6.30. The molecule has 0 aliphatic rings. The average molecular weight is 306 g/mol. The fourth-order valence-electron chi connectivity index (χ4n) is 1.63. The molecule has 0 aliphatic carbocycles. The molecule has 5 nitrogen and oxygen atoms in total. The van der Waals surface area contributed by atoms with Gasteiger partial charge in [-0.3, -0.25) is 0 Å². The quantitative estimate of drug-likeness (QED) is 0.894. The van der Waals surface area contributed by atoms with Crippen LogP contribution in [0, 0.1) is 0 Å². The largest absolute Gasteiger partial charge is 0.477 e. The number of nitrogens with zero attached hydrogens (tertiary/aromatic N) is 2. The molecule has 1 heterocycles. The summed E-state index contributed by atoms with van der Waals surface area (Å²) in [5.74, 6) is -1.78. The SMILES string of the molecule is Nc1c(C(=O)O)cnn1-c1ccc(Cl)cc1C(F)(F)F. The molecule has 3 N–H and O–H groups in total. The average Bonchev–Trinajstić information content (AvgIpc) is 2.70. The van der Waals surface area contributed by atoms with Crippen molar-refractivity contribution >= 4 is 23.4 Å². The second-order valence-electron chi connectivity index (χ2n) is 3.82. The lowest BCUT2D eigenvalue weighted by Gasteiger charge is -2.14. The number of halogens is 4. The Morgan fingerprint density at radius 3 is 2.55 bits per heavy atom. The summed E-state index contributed by atoms with van der Waals surface area (Å²) < 4.78 is 39.6. The van der Waals surface area contributed by atoms with Crippen LogP contribution >= 0.6 is 11.6 Å². The molecule has 0 unspecified atom stereocenters. The van der Waals surface area contributed by atoms with E-state index in [2.05, 4.69) is 5.10 Å². The maximum Gasteiger partial charge on any atom is 0.418 e. The van der Waals surface area contributed by atoms with Gasteiger partial charge in [0.15, 0.2) is 0 Å². The highest BCUT2D eigenvalue weighted by Gasteiger charge is 2.35. The third kappa shape index (κ3) is 2.42. The van der Waals surface area contributed by atoms with Crippen molar-refractivity contribution in [2.75, 3.05) is 5.73 Å². The molecule has 9 heteroatoms. The predicted octanol–water partition coefficient (Wildman–Crippen LogP) is 2.82. The van der Waals surface area contributed by atoms with E-state index in [1.54, 1.807) is 0 Å². The number of rotatable bonds is 2. The zero-order valence-electron chi connectivity index (χ0n) is 9.65. The first-order valence-corrected chi connectivity index (χ1v) is 5.53. The number of benzene rings is 1. The number of carbonyl (C=O) groups is 1. The second-order valence-corrected chi connectivity index (χ2v) is 4.26. The van der Waals surface area contributed by atoms with Crippen LogP contribution in [0.1, 0.15) is 15.9 Å². The van der Waals surface area contributed by atoms with Crippen LogP contribution in [0.5, 0.6) is 0 Å². The molecule has 2 aromatic rings. The van der Waals surface area contributed by atoms with Crippen LogP contribution in [-0.4, -0.2) is 20.9 Å². The van der Waals surface area contributed by atoms with E-state index in [-0.39, 0.29) is 10.6 Å². The lowest BCUT2D eigenvalue weighted by molar-refractivity contribution is -0.137. The minimum Gasteiger partial charge on any atom is -0.477 e. The third-order valence-corrected chi connectivity index (χ3v) is 2.76. The first kappa shape index (κ1) is 14.2. The zero-order chi connectivity index (χ0) is 15.1. The van der Waals surface area contributed by atoms with Gasteiger partial charge in [-0.15, -0.1) is 0 Å². The number of hydrogen-bond donors (Lipinski definition) is 2. The van der Waals surface area contributed by atoms with Crippen molar-refractivity contribution in [1.29, 1.82) is 0 Å². The van der Waals surface area contributed by atoms with Gasteiger partial charge in [-0.2, -0.15) is 18.3 Å². The summed E-state index contributed by atoms with van der Waals surface area (Å²) in [5.41, 5.74) is 3.67. The van der Waals surface area contributed by atoms with Gasteiger partial charge in [0.2, 0.25) is 0 Å². The molecule has 0 atom stereocenters. The fourth-order valence-corrected chi connectivity index (χ4v) is 1.81. The summed E-state index contributed by atoms with van der Waals surface area (Å²) in [7, 11) is 0. The minimum absolute atomic E-state index is 0.106. The molecule has 0 spiro atoms. The minimum atomic E-state index is -4.68.